The standard InChI is InChI=1S/C34H39N5/c1-23-10-14-25(15-11-23)29-28-30(31(28,3)4)34(26-16-12-24(2)13-17-26)27-9-5-6-18-33(27,38-19-7-8-20-38)32(21-35,22-36)39(34)37-29/h10-17,27-28,30H,5-9,18-20H2,1-4H3/t27-,28+,30-,33-,34?/m0/s1. The maximum atomic E-state index is 11.2. The lowest BCUT2D eigenvalue weighted by atomic mass is 9.58. The van der Waals surface area contributed by atoms with Crippen LogP contribution in [0.15, 0.2) is 53.6 Å². The lowest BCUT2D eigenvalue weighted by Gasteiger charge is -2.51. The van der Waals surface area contributed by atoms with Gasteiger partial charge in [-0.15, -0.1) is 0 Å². The molecule has 5 heteroatoms. The van der Waals surface area contributed by atoms with Gasteiger partial charge in [-0.25, -0.2) is 5.01 Å². The summed E-state index contributed by atoms with van der Waals surface area (Å²) in [6.45, 7) is 11.0. The quantitative estimate of drug-likeness (QED) is 0.478. The van der Waals surface area contributed by atoms with Gasteiger partial charge in [-0.05, 0) is 69.2 Å². The molecule has 7 rings (SSSR count). The van der Waals surface area contributed by atoms with E-state index in [1.807, 2.05) is 0 Å². The number of benzene rings is 2. The average molecular weight is 518 g/mol. The van der Waals surface area contributed by atoms with Gasteiger partial charge in [-0.3, -0.25) is 4.90 Å². The van der Waals surface area contributed by atoms with Crippen LogP contribution in [-0.2, 0) is 5.54 Å². The number of hydrazone groups is 1. The van der Waals surface area contributed by atoms with Crippen molar-refractivity contribution < 1.29 is 0 Å². The molecule has 5 aliphatic rings. The Hall–Kier alpha value is -3.15. The Morgan fingerprint density at radius 2 is 1.46 bits per heavy atom. The van der Waals surface area contributed by atoms with Gasteiger partial charge in [-0.2, -0.15) is 15.6 Å². The van der Waals surface area contributed by atoms with Gasteiger partial charge in [0, 0.05) is 17.8 Å². The van der Waals surface area contributed by atoms with Crippen molar-refractivity contribution in [2.24, 2.45) is 28.3 Å². The minimum atomic E-state index is -1.35. The first-order valence-corrected chi connectivity index (χ1v) is 14.9. The molecule has 0 N–H and O–H groups in total. The van der Waals surface area contributed by atoms with Gasteiger partial charge < -0.3 is 0 Å². The van der Waals surface area contributed by atoms with Crippen LogP contribution in [0.1, 0.15) is 74.6 Å². The highest BCUT2D eigenvalue weighted by atomic mass is 15.6. The minimum absolute atomic E-state index is 0.00145. The Kier molecular flexibility index (Phi) is 5.22. The molecule has 1 unspecified atom stereocenters. The Morgan fingerprint density at radius 3 is 2.08 bits per heavy atom. The summed E-state index contributed by atoms with van der Waals surface area (Å²) < 4.78 is 0. The summed E-state index contributed by atoms with van der Waals surface area (Å²) in [5.41, 5.74) is 3.47. The van der Waals surface area contributed by atoms with E-state index in [0.717, 1.165) is 62.9 Å². The van der Waals surface area contributed by atoms with E-state index in [2.05, 4.69) is 98.3 Å². The van der Waals surface area contributed by atoms with Crippen LogP contribution < -0.4 is 0 Å². The molecular weight excluding hydrogens is 478 g/mol. The van der Waals surface area contributed by atoms with Crippen LogP contribution in [0.4, 0.5) is 0 Å². The lowest BCUT2D eigenvalue weighted by molar-refractivity contribution is -0.00245. The summed E-state index contributed by atoms with van der Waals surface area (Å²) in [6, 6.07) is 23.1. The number of nitriles is 2. The van der Waals surface area contributed by atoms with E-state index in [9.17, 15) is 10.5 Å². The van der Waals surface area contributed by atoms with Crippen molar-refractivity contribution in [1.29, 1.82) is 10.5 Å². The van der Waals surface area contributed by atoms with E-state index < -0.39 is 16.6 Å². The summed E-state index contributed by atoms with van der Waals surface area (Å²) in [7, 11) is 0. The summed E-state index contributed by atoms with van der Waals surface area (Å²) >= 11 is 0. The largest absolute Gasteiger partial charge is 0.293 e. The highest BCUT2D eigenvalue weighted by molar-refractivity contribution is 6.05. The number of hydrogen-bond acceptors (Lipinski definition) is 5. The number of aryl methyl sites for hydroxylation is 2. The fraction of sp³-hybridized carbons (Fsp3) is 0.559. The van der Waals surface area contributed by atoms with Crippen LogP contribution in [0.2, 0.25) is 0 Å². The van der Waals surface area contributed by atoms with Crippen molar-refractivity contribution >= 4 is 5.71 Å². The topological polar surface area (TPSA) is 66.4 Å². The lowest BCUT2D eigenvalue weighted by Crippen LogP contribution is -2.66. The predicted molar refractivity (Wildman–Crippen MR) is 153 cm³/mol. The van der Waals surface area contributed by atoms with Crippen molar-refractivity contribution in [1.82, 2.24) is 9.91 Å². The van der Waals surface area contributed by atoms with Crippen molar-refractivity contribution in [3.63, 3.8) is 0 Å². The first-order valence-electron chi connectivity index (χ1n) is 14.9. The van der Waals surface area contributed by atoms with Gasteiger partial charge in [-0.1, -0.05) is 86.3 Å². The third kappa shape index (κ3) is 2.85. The molecule has 3 heterocycles. The maximum Gasteiger partial charge on any atom is 0.248 e. The van der Waals surface area contributed by atoms with Gasteiger partial charge in [0.15, 0.2) is 0 Å². The second-order valence-corrected chi connectivity index (χ2v) is 13.5. The van der Waals surface area contributed by atoms with Gasteiger partial charge >= 0.3 is 0 Å². The van der Waals surface area contributed by atoms with Crippen LogP contribution in [0.25, 0.3) is 0 Å². The summed E-state index contributed by atoms with van der Waals surface area (Å²) in [6.07, 6.45) is 6.38. The van der Waals surface area contributed by atoms with E-state index in [-0.39, 0.29) is 23.2 Å². The monoisotopic (exact) mass is 517 g/mol. The van der Waals surface area contributed by atoms with Gasteiger partial charge in [0.1, 0.15) is 12.1 Å². The number of hydrogen-bond donors (Lipinski definition) is 0. The molecule has 3 aliphatic heterocycles. The van der Waals surface area contributed by atoms with Crippen LogP contribution in [-0.4, -0.2) is 39.8 Å². The van der Waals surface area contributed by atoms with Gasteiger partial charge in [0.25, 0.3) is 0 Å². The third-order valence-electron chi connectivity index (χ3n) is 11.4. The first-order chi connectivity index (χ1) is 18.8. The number of nitrogens with zero attached hydrogens (tertiary/aromatic N) is 5. The van der Waals surface area contributed by atoms with Crippen molar-refractivity contribution in [3.05, 3.63) is 70.8 Å². The molecule has 39 heavy (non-hydrogen) atoms. The minimum Gasteiger partial charge on any atom is -0.293 e. The highest BCUT2D eigenvalue weighted by Crippen LogP contribution is 2.78. The maximum absolute atomic E-state index is 11.2. The molecule has 0 radical (unpaired) electrons. The molecular formula is C34H39N5. The summed E-state index contributed by atoms with van der Waals surface area (Å²) in [5, 5.41) is 30.1. The number of fused-ring (bicyclic) bond motifs is 5. The van der Waals surface area contributed by atoms with Crippen molar-refractivity contribution in [3.8, 4) is 12.1 Å². The zero-order valence-corrected chi connectivity index (χ0v) is 23.7. The molecule has 0 aromatic heterocycles. The van der Waals surface area contributed by atoms with Crippen LogP contribution in [0.5, 0.6) is 0 Å². The Bertz CT molecular complexity index is 1400. The van der Waals surface area contributed by atoms with Crippen LogP contribution >= 0.6 is 0 Å². The average Bonchev–Trinajstić information content (AvgIpc) is 3.29. The molecule has 2 aliphatic carbocycles. The van der Waals surface area contributed by atoms with E-state index in [1.54, 1.807) is 0 Å². The first kappa shape index (κ1) is 24.9. The van der Waals surface area contributed by atoms with E-state index in [1.165, 1.54) is 16.7 Å². The smallest absolute Gasteiger partial charge is 0.248 e. The highest BCUT2D eigenvalue weighted by Gasteiger charge is 2.86. The molecule has 2 saturated heterocycles. The van der Waals surface area contributed by atoms with E-state index in [4.69, 9.17) is 5.10 Å². The van der Waals surface area contributed by atoms with Crippen molar-refractivity contribution in [2.45, 2.75) is 82.8 Å². The Balaban J connectivity index is 1.58. The van der Waals surface area contributed by atoms with E-state index in [0.29, 0.717) is 0 Å². The summed E-state index contributed by atoms with van der Waals surface area (Å²) in [4.78, 5) is 2.57. The summed E-state index contributed by atoms with van der Waals surface area (Å²) in [5.74, 6) is 0.718. The second kappa shape index (κ2) is 8.18. The fourth-order valence-electron chi connectivity index (χ4n) is 9.75. The number of rotatable bonds is 3. The van der Waals surface area contributed by atoms with Crippen molar-refractivity contribution in [2.75, 3.05) is 13.1 Å². The normalized spacial score (nSPS) is 35.7. The van der Waals surface area contributed by atoms with Crippen LogP contribution in [0, 0.1) is 59.7 Å². The molecule has 5 atom stereocenters. The molecule has 0 amide bonds. The molecule has 2 aromatic carbocycles. The Labute approximate surface area is 233 Å². The Morgan fingerprint density at radius 1 is 0.846 bits per heavy atom. The van der Waals surface area contributed by atoms with Crippen LogP contribution in [0.3, 0.4) is 0 Å². The van der Waals surface area contributed by atoms with E-state index >= 15 is 0 Å². The molecule has 4 fully saturated rings. The molecule has 0 bridgehead atoms. The SMILES string of the molecule is Cc1ccc(C2=NN3C(c4ccc(C)cc4)([C@H]4CCCC[C@@]4(N4CCCC4)C3(C#N)C#N)[C@H]3[C@@H]2C3(C)C)cc1. The number of likely N-dealkylation sites (tertiary alicyclic amines) is 1. The zero-order chi connectivity index (χ0) is 27.2. The van der Waals surface area contributed by atoms with Gasteiger partial charge in [0.05, 0.1) is 16.8 Å². The third-order valence-corrected chi connectivity index (χ3v) is 11.4. The molecule has 5 nitrogen and oxygen atoms in total. The fourth-order valence-corrected chi connectivity index (χ4v) is 9.75. The molecule has 2 saturated carbocycles. The van der Waals surface area contributed by atoms with Gasteiger partial charge in [0.2, 0.25) is 5.54 Å². The zero-order valence-electron chi connectivity index (χ0n) is 23.7. The molecule has 200 valence electrons. The predicted octanol–water partition coefficient (Wildman–Crippen LogP) is 6.32. The molecule has 0 spiro atoms. The second-order valence-electron chi connectivity index (χ2n) is 13.5. The molecule has 2 aromatic rings.